The first-order chi connectivity index (χ1) is 7.83. The maximum Gasteiger partial charge on any atom is 0.254 e. The van der Waals surface area contributed by atoms with Gasteiger partial charge in [-0.2, -0.15) is 0 Å². The minimum absolute atomic E-state index is 0.150. The molecule has 1 fully saturated rings. The van der Waals surface area contributed by atoms with Crippen molar-refractivity contribution in [3.05, 3.63) is 35.9 Å². The van der Waals surface area contributed by atoms with Gasteiger partial charge in [-0.3, -0.25) is 4.79 Å². The van der Waals surface area contributed by atoms with Crippen molar-refractivity contribution in [2.24, 2.45) is 5.73 Å². The number of nitrogens with two attached hydrogens (primary N) is 1. The van der Waals surface area contributed by atoms with Crippen molar-refractivity contribution in [2.75, 3.05) is 13.1 Å². The molecule has 1 saturated heterocycles. The summed E-state index contributed by atoms with van der Waals surface area (Å²) in [5.41, 5.74) is 6.36. The molecule has 3 nitrogen and oxygen atoms in total. The molecule has 86 valence electrons. The number of nitrogens with zero attached hydrogens (tertiary/aromatic N) is 1. The standard InChI is InChI=1S/C13H18N2O/c14-9-8-12-7-4-10-15(12)13(16)11-5-2-1-3-6-11/h1-3,5-6,12H,4,7-10,14H2. The van der Waals surface area contributed by atoms with Crippen LogP contribution in [-0.4, -0.2) is 29.9 Å². The highest BCUT2D eigenvalue weighted by Crippen LogP contribution is 2.21. The van der Waals surface area contributed by atoms with E-state index in [1.165, 1.54) is 0 Å². The third-order valence-corrected chi connectivity index (χ3v) is 3.16. The molecular weight excluding hydrogens is 200 g/mol. The average Bonchev–Trinajstić information content (AvgIpc) is 2.78. The van der Waals surface area contributed by atoms with Crippen LogP contribution in [0, 0.1) is 0 Å². The second-order valence-electron chi connectivity index (χ2n) is 4.24. The quantitative estimate of drug-likeness (QED) is 0.838. The van der Waals surface area contributed by atoms with E-state index in [0.29, 0.717) is 12.6 Å². The molecule has 0 bridgehead atoms. The van der Waals surface area contributed by atoms with Gasteiger partial charge >= 0.3 is 0 Å². The predicted octanol–water partition coefficient (Wildman–Crippen LogP) is 1.64. The van der Waals surface area contributed by atoms with E-state index < -0.39 is 0 Å². The zero-order chi connectivity index (χ0) is 11.4. The van der Waals surface area contributed by atoms with Gasteiger partial charge in [0, 0.05) is 18.2 Å². The second-order valence-corrected chi connectivity index (χ2v) is 4.24. The molecule has 0 radical (unpaired) electrons. The summed E-state index contributed by atoms with van der Waals surface area (Å²) in [6.07, 6.45) is 3.11. The third kappa shape index (κ3) is 2.25. The fraction of sp³-hybridized carbons (Fsp3) is 0.462. The molecule has 1 unspecified atom stereocenters. The Morgan fingerprint density at radius 1 is 1.38 bits per heavy atom. The molecular formula is C13H18N2O. The molecule has 1 amide bonds. The Labute approximate surface area is 96.2 Å². The van der Waals surface area contributed by atoms with Gasteiger partial charge in [-0.15, -0.1) is 0 Å². The van der Waals surface area contributed by atoms with Crippen LogP contribution in [0.2, 0.25) is 0 Å². The van der Waals surface area contributed by atoms with Gasteiger partial charge in [0.15, 0.2) is 0 Å². The summed E-state index contributed by atoms with van der Waals surface area (Å²) in [5.74, 6) is 0.150. The van der Waals surface area contributed by atoms with E-state index in [-0.39, 0.29) is 5.91 Å². The van der Waals surface area contributed by atoms with Crippen molar-refractivity contribution >= 4 is 5.91 Å². The maximum atomic E-state index is 12.2. The largest absolute Gasteiger partial charge is 0.336 e. The number of amides is 1. The highest BCUT2D eigenvalue weighted by Gasteiger charge is 2.28. The Kier molecular flexibility index (Phi) is 3.57. The van der Waals surface area contributed by atoms with E-state index in [1.807, 2.05) is 35.2 Å². The average molecular weight is 218 g/mol. The van der Waals surface area contributed by atoms with Crippen LogP contribution in [0.1, 0.15) is 29.6 Å². The van der Waals surface area contributed by atoms with Crippen LogP contribution in [0.4, 0.5) is 0 Å². The van der Waals surface area contributed by atoms with E-state index in [4.69, 9.17) is 5.73 Å². The molecule has 16 heavy (non-hydrogen) atoms. The summed E-state index contributed by atoms with van der Waals surface area (Å²) in [4.78, 5) is 14.2. The van der Waals surface area contributed by atoms with Crippen LogP contribution in [0.3, 0.4) is 0 Å². The van der Waals surface area contributed by atoms with Gasteiger partial charge in [0.2, 0.25) is 0 Å². The molecule has 1 heterocycles. The van der Waals surface area contributed by atoms with Crippen molar-refractivity contribution in [1.29, 1.82) is 0 Å². The fourth-order valence-electron chi connectivity index (χ4n) is 2.34. The van der Waals surface area contributed by atoms with Crippen LogP contribution < -0.4 is 5.73 Å². The van der Waals surface area contributed by atoms with Gasteiger partial charge in [0.05, 0.1) is 0 Å². The van der Waals surface area contributed by atoms with Gasteiger partial charge in [0.1, 0.15) is 0 Å². The number of rotatable bonds is 3. The van der Waals surface area contributed by atoms with E-state index in [0.717, 1.165) is 31.4 Å². The van der Waals surface area contributed by atoms with E-state index in [9.17, 15) is 4.79 Å². The lowest BCUT2D eigenvalue weighted by Gasteiger charge is -2.24. The Morgan fingerprint density at radius 2 is 2.12 bits per heavy atom. The maximum absolute atomic E-state index is 12.2. The Hall–Kier alpha value is -1.35. The Bertz CT molecular complexity index is 350. The van der Waals surface area contributed by atoms with Crippen molar-refractivity contribution in [1.82, 2.24) is 4.90 Å². The van der Waals surface area contributed by atoms with Crippen LogP contribution in [-0.2, 0) is 0 Å². The molecule has 1 aliphatic rings. The molecule has 1 aromatic carbocycles. The number of benzene rings is 1. The van der Waals surface area contributed by atoms with Crippen LogP contribution >= 0.6 is 0 Å². The van der Waals surface area contributed by atoms with Gasteiger partial charge < -0.3 is 10.6 Å². The van der Waals surface area contributed by atoms with E-state index in [2.05, 4.69) is 0 Å². The molecule has 1 atom stereocenters. The summed E-state index contributed by atoms with van der Waals surface area (Å²) in [6.45, 7) is 1.53. The zero-order valence-electron chi connectivity index (χ0n) is 9.43. The van der Waals surface area contributed by atoms with Crippen molar-refractivity contribution in [3.8, 4) is 0 Å². The molecule has 0 aromatic heterocycles. The number of carbonyl (C=O) groups excluding carboxylic acids is 1. The Morgan fingerprint density at radius 3 is 2.81 bits per heavy atom. The highest BCUT2D eigenvalue weighted by atomic mass is 16.2. The summed E-state index contributed by atoms with van der Waals surface area (Å²) >= 11 is 0. The SMILES string of the molecule is NCCC1CCCN1C(=O)c1ccccc1. The van der Waals surface area contributed by atoms with Crippen LogP contribution in [0.25, 0.3) is 0 Å². The van der Waals surface area contributed by atoms with Crippen molar-refractivity contribution in [3.63, 3.8) is 0 Å². The summed E-state index contributed by atoms with van der Waals surface area (Å²) in [6, 6.07) is 9.83. The lowest BCUT2D eigenvalue weighted by atomic mass is 10.1. The molecule has 0 aliphatic carbocycles. The number of hydrogen-bond acceptors (Lipinski definition) is 2. The molecule has 2 rings (SSSR count). The van der Waals surface area contributed by atoms with E-state index >= 15 is 0 Å². The molecule has 0 spiro atoms. The molecule has 3 heteroatoms. The first-order valence-electron chi connectivity index (χ1n) is 5.89. The van der Waals surface area contributed by atoms with Gasteiger partial charge in [-0.25, -0.2) is 0 Å². The Balaban J connectivity index is 2.09. The minimum Gasteiger partial charge on any atom is -0.336 e. The van der Waals surface area contributed by atoms with E-state index in [1.54, 1.807) is 0 Å². The minimum atomic E-state index is 0.150. The molecule has 0 saturated carbocycles. The zero-order valence-corrected chi connectivity index (χ0v) is 9.43. The first-order valence-corrected chi connectivity index (χ1v) is 5.89. The molecule has 1 aliphatic heterocycles. The van der Waals surface area contributed by atoms with Gasteiger partial charge in [-0.05, 0) is 37.9 Å². The fourth-order valence-corrected chi connectivity index (χ4v) is 2.34. The monoisotopic (exact) mass is 218 g/mol. The van der Waals surface area contributed by atoms with Crippen LogP contribution in [0.15, 0.2) is 30.3 Å². The second kappa shape index (κ2) is 5.12. The lowest BCUT2D eigenvalue weighted by molar-refractivity contribution is 0.0732. The summed E-state index contributed by atoms with van der Waals surface area (Å²) in [7, 11) is 0. The smallest absolute Gasteiger partial charge is 0.254 e. The van der Waals surface area contributed by atoms with Crippen LogP contribution in [0.5, 0.6) is 0 Å². The lowest BCUT2D eigenvalue weighted by Crippen LogP contribution is -2.36. The number of likely N-dealkylation sites (tertiary alicyclic amines) is 1. The summed E-state index contributed by atoms with van der Waals surface area (Å²) in [5, 5.41) is 0. The van der Waals surface area contributed by atoms with Crippen molar-refractivity contribution < 1.29 is 4.79 Å². The summed E-state index contributed by atoms with van der Waals surface area (Å²) < 4.78 is 0. The van der Waals surface area contributed by atoms with Crippen molar-refractivity contribution in [2.45, 2.75) is 25.3 Å². The normalized spacial score (nSPS) is 20.1. The molecule has 1 aromatic rings. The topological polar surface area (TPSA) is 46.3 Å². The predicted molar refractivity (Wildman–Crippen MR) is 64.2 cm³/mol. The first kappa shape index (κ1) is 11.1. The number of carbonyl (C=O) groups is 1. The third-order valence-electron chi connectivity index (χ3n) is 3.16. The number of hydrogen-bond donors (Lipinski definition) is 1. The van der Waals surface area contributed by atoms with Gasteiger partial charge in [-0.1, -0.05) is 18.2 Å². The molecule has 2 N–H and O–H groups in total. The highest BCUT2D eigenvalue weighted by molar-refractivity contribution is 5.94. The van der Waals surface area contributed by atoms with Gasteiger partial charge in [0.25, 0.3) is 5.91 Å².